The van der Waals surface area contributed by atoms with Gasteiger partial charge in [0.05, 0.1) is 16.8 Å². The number of aromatic nitrogens is 1. The number of carbonyl (C=O) groups excluding carboxylic acids is 2. The maximum Gasteiger partial charge on any atom is 0.268 e. The zero-order valence-corrected chi connectivity index (χ0v) is 17.7. The summed E-state index contributed by atoms with van der Waals surface area (Å²) in [5.41, 5.74) is 4.19. The lowest BCUT2D eigenvalue weighted by Gasteiger charge is -2.34. The van der Waals surface area contributed by atoms with Crippen molar-refractivity contribution in [1.82, 2.24) is 19.7 Å². The molecule has 1 aliphatic heterocycles. The zero-order chi connectivity index (χ0) is 20.4. The van der Waals surface area contributed by atoms with Crippen LogP contribution in [0.5, 0.6) is 0 Å². The van der Waals surface area contributed by atoms with Crippen molar-refractivity contribution < 1.29 is 9.59 Å². The van der Waals surface area contributed by atoms with Gasteiger partial charge in [0.1, 0.15) is 5.69 Å². The molecule has 1 aliphatic rings. The summed E-state index contributed by atoms with van der Waals surface area (Å²) in [7, 11) is 1.87. The predicted molar refractivity (Wildman–Crippen MR) is 116 cm³/mol. The Morgan fingerprint density at radius 3 is 2.48 bits per heavy atom. The average Bonchev–Trinajstić information content (AvgIpc) is 3.31. The Morgan fingerprint density at radius 1 is 1.07 bits per heavy atom. The van der Waals surface area contributed by atoms with Gasteiger partial charge in [-0.1, -0.05) is 29.8 Å². The maximum absolute atomic E-state index is 12.5. The smallest absolute Gasteiger partial charge is 0.268 e. The predicted octanol–water partition coefficient (Wildman–Crippen LogP) is 2.62. The highest BCUT2D eigenvalue weighted by molar-refractivity contribution is 7.17. The van der Waals surface area contributed by atoms with Crippen molar-refractivity contribution in [3.63, 3.8) is 0 Å². The van der Waals surface area contributed by atoms with Gasteiger partial charge in [-0.2, -0.15) is 0 Å². The lowest BCUT2D eigenvalue weighted by molar-refractivity contribution is -0.131. The van der Waals surface area contributed by atoms with Crippen LogP contribution in [0, 0.1) is 6.92 Å². The summed E-state index contributed by atoms with van der Waals surface area (Å²) in [5.74, 6) is -0.230. The molecular formula is C22H26N4O2S. The fourth-order valence-electron chi connectivity index (χ4n) is 3.73. The van der Waals surface area contributed by atoms with Crippen LogP contribution in [-0.2, 0) is 18.4 Å². The normalized spacial score (nSPS) is 15.0. The molecule has 0 bridgehead atoms. The van der Waals surface area contributed by atoms with Gasteiger partial charge in [-0.25, -0.2) is 0 Å². The third-order valence-electron chi connectivity index (χ3n) is 5.55. The second-order valence-corrected chi connectivity index (χ2v) is 8.53. The molecule has 0 atom stereocenters. The van der Waals surface area contributed by atoms with Gasteiger partial charge in [0, 0.05) is 39.8 Å². The molecule has 0 aliphatic carbocycles. The number of fused-ring (bicyclic) bond motifs is 1. The molecule has 1 aromatic carbocycles. The van der Waals surface area contributed by atoms with Crippen LogP contribution in [-0.4, -0.2) is 58.9 Å². The van der Waals surface area contributed by atoms with E-state index in [1.54, 1.807) is 11.3 Å². The van der Waals surface area contributed by atoms with Crippen LogP contribution in [0.25, 0.3) is 10.2 Å². The van der Waals surface area contributed by atoms with Crippen LogP contribution in [0.15, 0.2) is 41.8 Å². The van der Waals surface area contributed by atoms with Gasteiger partial charge in [0.15, 0.2) is 0 Å². The first-order valence-corrected chi connectivity index (χ1v) is 10.8. The van der Waals surface area contributed by atoms with E-state index in [4.69, 9.17) is 0 Å². The molecular weight excluding hydrogens is 384 g/mol. The summed E-state index contributed by atoms with van der Waals surface area (Å²) < 4.78 is 2.95. The monoisotopic (exact) mass is 410 g/mol. The van der Waals surface area contributed by atoms with Crippen molar-refractivity contribution in [1.29, 1.82) is 0 Å². The van der Waals surface area contributed by atoms with Gasteiger partial charge in [-0.05, 0) is 30.0 Å². The molecule has 1 N–H and O–H groups in total. The van der Waals surface area contributed by atoms with Crippen molar-refractivity contribution in [2.45, 2.75) is 13.5 Å². The van der Waals surface area contributed by atoms with Gasteiger partial charge >= 0.3 is 0 Å². The minimum Gasteiger partial charge on any atom is -0.342 e. The molecule has 0 saturated carbocycles. The minimum atomic E-state index is -0.206. The summed E-state index contributed by atoms with van der Waals surface area (Å²) in [5, 5.41) is 4.79. The number of nitrogens with one attached hydrogen (secondary N) is 1. The number of rotatable bonds is 5. The van der Waals surface area contributed by atoms with Crippen LogP contribution >= 0.6 is 11.3 Å². The van der Waals surface area contributed by atoms with Crippen LogP contribution in [0.2, 0.25) is 0 Å². The first-order valence-electron chi connectivity index (χ1n) is 9.88. The molecule has 4 rings (SSSR count). The molecule has 7 heteroatoms. The standard InChI is InChI=1S/C22H26N4O2S/c1-16-3-5-17(6-4-16)15-25-8-10-26(11-9-25)21(27)14-23-22(28)19-13-20-18(24(19)2)7-12-29-20/h3-7,12-13H,8-11,14-15H2,1-2H3,(H,23,28). The molecule has 1 fully saturated rings. The number of hydrogen-bond donors (Lipinski definition) is 1. The molecule has 3 heterocycles. The first-order chi connectivity index (χ1) is 14.0. The third kappa shape index (κ3) is 4.36. The minimum absolute atomic E-state index is 0.0237. The van der Waals surface area contributed by atoms with Crippen molar-refractivity contribution in [3.05, 3.63) is 58.6 Å². The number of hydrogen-bond acceptors (Lipinski definition) is 4. The van der Waals surface area contributed by atoms with Crippen molar-refractivity contribution in [3.8, 4) is 0 Å². The van der Waals surface area contributed by atoms with Crippen LogP contribution < -0.4 is 5.32 Å². The summed E-state index contributed by atoms with van der Waals surface area (Å²) >= 11 is 1.61. The quantitative estimate of drug-likeness (QED) is 0.704. The highest BCUT2D eigenvalue weighted by Crippen LogP contribution is 2.24. The second kappa shape index (κ2) is 8.39. The third-order valence-corrected chi connectivity index (χ3v) is 6.40. The van der Waals surface area contributed by atoms with E-state index >= 15 is 0 Å². The molecule has 0 radical (unpaired) electrons. The maximum atomic E-state index is 12.5. The highest BCUT2D eigenvalue weighted by atomic mass is 32.1. The SMILES string of the molecule is Cc1ccc(CN2CCN(C(=O)CNC(=O)c3cc4sccc4n3C)CC2)cc1. The van der Waals surface area contributed by atoms with Gasteiger partial charge in [-0.3, -0.25) is 14.5 Å². The summed E-state index contributed by atoms with van der Waals surface area (Å²) in [4.78, 5) is 29.2. The Hall–Kier alpha value is -2.64. The van der Waals surface area contributed by atoms with E-state index in [9.17, 15) is 9.59 Å². The van der Waals surface area contributed by atoms with Gasteiger partial charge < -0.3 is 14.8 Å². The number of benzene rings is 1. The zero-order valence-electron chi connectivity index (χ0n) is 16.9. The largest absolute Gasteiger partial charge is 0.342 e. The summed E-state index contributed by atoms with van der Waals surface area (Å²) in [6.07, 6.45) is 0. The Labute approximate surface area is 174 Å². The van der Waals surface area contributed by atoms with Gasteiger partial charge in [-0.15, -0.1) is 11.3 Å². The van der Waals surface area contributed by atoms with E-state index in [1.807, 2.05) is 34.0 Å². The topological polar surface area (TPSA) is 57.6 Å². The average molecular weight is 411 g/mol. The Morgan fingerprint density at radius 2 is 1.79 bits per heavy atom. The molecule has 152 valence electrons. The van der Waals surface area contributed by atoms with Crippen molar-refractivity contribution >= 4 is 33.4 Å². The lowest BCUT2D eigenvalue weighted by atomic mass is 10.1. The molecule has 3 aromatic rings. The number of carbonyl (C=O) groups is 2. The van der Waals surface area contributed by atoms with Crippen molar-refractivity contribution in [2.75, 3.05) is 32.7 Å². The molecule has 0 spiro atoms. The number of aryl methyl sites for hydroxylation is 2. The van der Waals surface area contributed by atoms with E-state index in [2.05, 4.69) is 41.4 Å². The summed E-state index contributed by atoms with van der Waals surface area (Å²) in [6.45, 7) is 6.12. The van der Waals surface area contributed by atoms with Crippen molar-refractivity contribution in [2.24, 2.45) is 7.05 Å². The van der Waals surface area contributed by atoms with E-state index in [0.29, 0.717) is 18.8 Å². The van der Waals surface area contributed by atoms with E-state index in [1.165, 1.54) is 11.1 Å². The molecule has 2 aromatic heterocycles. The van der Waals surface area contributed by atoms with E-state index in [0.717, 1.165) is 29.9 Å². The molecule has 0 unspecified atom stereocenters. The Kier molecular flexibility index (Phi) is 5.69. The lowest BCUT2D eigenvalue weighted by Crippen LogP contribution is -2.50. The molecule has 6 nitrogen and oxygen atoms in total. The fourth-order valence-corrected chi connectivity index (χ4v) is 4.58. The number of nitrogens with zero attached hydrogens (tertiary/aromatic N) is 3. The summed E-state index contributed by atoms with van der Waals surface area (Å²) in [6, 6.07) is 12.5. The first kappa shape index (κ1) is 19.7. The van der Waals surface area contributed by atoms with Crippen LogP contribution in [0.1, 0.15) is 21.6 Å². The van der Waals surface area contributed by atoms with Gasteiger partial charge in [0.2, 0.25) is 5.91 Å². The Balaban J connectivity index is 1.25. The number of thiophene rings is 1. The second-order valence-electron chi connectivity index (χ2n) is 7.58. The van der Waals surface area contributed by atoms with E-state index < -0.39 is 0 Å². The molecule has 29 heavy (non-hydrogen) atoms. The molecule has 2 amide bonds. The fraction of sp³-hybridized carbons (Fsp3) is 0.364. The molecule has 1 saturated heterocycles. The Bertz CT molecular complexity index is 1010. The number of piperazine rings is 1. The van der Waals surface area contributed by atoms with Crippen LogP contribution in [0.3, 0.4) is 0 Å². The van der Waals surface area contributed by atoms with Gasteiger partial charge in [0.25, 0.3) is 5.91 Å². The highest BCUT2D eigenvalue weighted by Gasteiger charge is 2.22. The van der Waals surface area contributed by atoms with E-state index in [-0.39, 0.29) is 18.4 Å². The number of amides is 2. The van der Waals surface area contributed by atoms with Crippen LogP contribution in [0.4, 0.5) is 0 Å².